The zero-order valence-corrected chi connectivity index (χ0v) is 16.6. The molecule has 0 saturated carbocycles. The van der Waals surface area contributed by atoms with Crippen LogP contribution in [0.1, 0.15) is 33.6 Å². The van der Waals surface area contributed by atoms with Gasteiger partial charge in [-0.15, -0.1) is 0 Å². The van der Waals surface area contributed by atoms with Crippen LogP contribution in [0.15, 0.2) is 24.3 Å². The van der Waals surface area contributed by atoms with Crippen molar-refractivity contribution in [2.24, 2.45) is 5.41 Å². The van der Waals surface area contributed by atoms with E-state index >= 15 is 0 Å². The van der Waals surface area contributed by atoms with Gasteiger partial charge in [-0.2, -0.15) is 8.42 Å². The molecule has 0 aliphatic carbocycles. The molecule has 156 valence electrons. The van der Waals surface area contributed by atoms with Crippen LogP contribution in [-0.4, -0.2) is 75.3 Å². The second-order valence-corrected chi connectivity index (χ2v) is 7.97. The average Bonchev–Trinajstić information content (AvgIpc) is 2.55. The summed E-state index contributed by atoms with van der Waals surface area (Å²) in [5.41, 5.74) is -1.20. The summed E-state index contributed by atoms with van der Waals surface area (Å²) in [6.45, 7) is 10.2. The zero-order chi connectivity index (χ0) is 21.3. The van der Waals surface area contributed by atoms with Crippen molar-refractivity contribution < 1.29 is 41.6 Å². The number of ether oxygens (including phenoxy) is 3. The van der Waals surface area contributed by atoms with Crippen molar-refractivity contribution in [2.75, 3.05) is 25.6 Å². The first-order chi connectivity index (χ1) is 12.3. The van der Waals surface area contributed by atoms with Crippen LogP contribution >= 0.6 is 0 Å². The molecule has 0 aromatic carbocycles. The molecule has 0 radical (unpaired) electrons. The molecular weight excluding hydrogens is 387 g/mol. The molecule has 0 rings (SSSR count). The summed E-state index contributed by atoms with van der Waals surface area (Å²) in [6.07, 6.45) is 0.289. The van der Waals surface area contributed by atoms with E-state index < -0.39 is 52.4 Å². The molecule has 0 atom stereocenters. The van der Waals surface area contributed by atoms with Gasteiger partial charge in [-0.1, -0.05) is 13.2 Å². The summed E-state index contributed by atoms with van der Waals surface area (Å²) in [4.78, 5) is 35.5. The fraction of sp³-hybridized carbons (Fsp3) is 0.588. The molecule has 0 unspecified atom stereocenters. The SMILES string of the molecule is C=C(C)C(=O)OCC(C)(COC(=O)C(=C)C)C(=O)OCCCCS(=O)(=O)O.[LiH]. The molecule has 0 fully saturated rings. The topological polar surface area (TPSA) is 133 Å². The summed E-state index contributed by atoms with van der Waals surface area (Å²) in [5.74, 6) is -2.67. The first-order valence-electron chi connectivity index (χ1n) is 8.06. The Bertz CT molecular complexity index is 667. The van der Waals surface area contributed by atoms with E-state index in [4.69, 9.17) is 18.8 Å². The Hall–Kier alpha value is -1.60. The molecule has 0 aromatic heterocycles. The minimum absolute atomic E-state index is 0. The molecule has 0 bridgehead atoms. The summed E-state index contributed by atoms with van der Waals surface area (Å²) < 4.78 is 44.9. The van der Waals surface area contributed by atoms with Crippen molar-refractivity contribution in [1.82, 2.24) is 0 Å². The number of carbonyl (C=O) groups is 3. The minimum atomic E-state index is -4.08. The number of rotatable bonds is 12. The maximum absolute atomic E-state index is 12.4. The molecule has 9 nitrogen and oxygen atoms in total. The normalized spacial score (nSPS) is 11.0. The van der Waals surface area contributed by atoms with Gasteiger partial charge in [0.1, 0.15) is 18.6 Å². The Balaban J connectivity index is 0. The molecule has 1 N–H and O–H groups in total. The van der Waals surface area contributed by atoms with E-state index in [0.29, 0.717) is 0 Å². The summed E-state index contributed by atoms with van der Waals surface area (Å²) in [5, 5.41) is 0. The molecule has 28 heavy (non-hydrogen) atoms. The quantitative estimate of drug-likeness (QED) is 0.123. The van der Waals surface area contributed by atoms with Crippen LogP contribution in [0, 0.1) is 5.41 Å². The molecule has 11 heteroatoms. The number of hydrogen-bond acceptors (Lipinski definition) is 8. The van der Waals surface area contributed by atoms with Crippen LogP contribution in [0.25, 0.3) is 0 Å². The summed E-state index contributed by atoms with van der Waals surface area (Å²) in [6, 6.07) is 0. The van der Waals surface area contributed by atoms with Crippen molar-refractivity contribution in [3.63, 3.8) is 0 Å². The van der Waals surface area contributed by atoms with Crippen molar-refractivity contribution in [3.05, 3.63) is 24.3 Å². The zero-order valence-electron chi connectivity index (χ0n) is 15.8. The van der Waals surface area contributed by atoms with Crippen LogP contribution in [-0.2, 0) is 38.7 Å². The van der Waals surface area contributed by atoms with E-state index in [9.17, 15) is 22.8 Å². The Morgan fingerprint density at radius 2 is 1.36 bits per heavy atom. The number of carbonyl (C=O) groups excluding carboxylic acids is 3. The average molecular weight is 414 g/mol. The van der Waals surface area contributed by atoms with E-state index in [0.717, 1.165) is 0 Å². The van der Waals surface area contributed by atoms with Crippen LogP contribution in [0.3, 0.4) is 0 Å². The third-order valence-corrected chi connectivity index (χ3v) is 4.07. The van der Waals surface area contributed by atoms with E-state index in [-0.39, 0.29) is 49.5 Å². The summed E-state index contributed by atoms with van der Waals surface area (Å²) >= 11 is 0. The van der Waals surface area contributed by atoms with Crippen molar-refractivity contribution in [1.29, 1.82) is 0 Å². The van der Waals surface area contributed by atoms with Crippen molar-refractivity contribution in [2.45, 2.75) is 33.6 Å². The number of hydrogen-bond donors (Lipinski definition) is 1. The van der Waals surface area contributed by atoms with Gasteiger partial charge in [0.05, 0.1) is 12.4 Å². The van der Waals surface area contributed by atoms with Crippen LogP contribution in [0.5, 0.6) is 0 Å². The fourth-order valence-corrected chi connectivity index (χ4v) is 2.15. The first-order valence-corrected chi connectivity index (χ1v) is 9.67. The summed E-state index contributed by atoms with van der Waals surface area (Å²) in [7, 11) is -4.08. The van der Waals surface area contributed by atoms with Gasteiger partial charge < -0.3 is 14.2 Å². The molecule has 0 aliphatic rings. The van der Waals surface area contributed by atoms with Gasteiger partial charge in [0.15, 0.2) is 0 Å². The molecular formula is C17H27LiO9S. The van der Waals surface area contributed by atoms with E-state index in [1.165, 1.54) is 20.8 Å². The van der Waals surface area contributed by atoms with Crippen LogP contribution < -0.4 is 0 Å². The number of esters is 3. The van der Waals surface area contributed by atoms with Crippen molar-refractivity contribution >= 4 is 46.9 Å². The predicted molar refractivity (Wildman–Crippen MR) is 103 cm³/mol. The van der Waals surface area contributed by atoms with Gasteiger partial charge in [0.2, 0.25) is 0 Å². The Morgan fingerprint density at radius 3 is 1.71 bits per heavy atom. The monoisotopic (exact) mass is 414 g/mol. The van der Waals surface area contributed by atoms with Gasteiger partial charge in [-0.05, 0) is 33.6 Å². The molecule has 0 aromatic rings. The van der Waals surface area contributed by atoms with E-state index in [1.54, 1.807) is 0 Å². The number of unbranched alkanes of at least 4 members (excludes halogenated alkanes) is 1. The van der Waals surface area contributed by atoms with Crippen molar-refractivity contribution in [3.8, 4) is 0 Å². The van der Waals surface area contributed by atoms with Gasteiger partial charge in [0.25, 0.3) is 10.1 Å². The van der Waals surface area contributed by atoms with E-state index in [1.807, 2.05) is 0 Å². The second kappa shape index (κ2) is 12.8. The third-order valence-electron chi connectivity index (χ3n) is 3.26. The van der Waals surface area contributed by atoms with E-state index in [2.05, 4.69) is 13.2 Å². The van der Waals surface area contributed by atoms with Gasteiger partial charge in [-0.25, -0.2) is 9.59 Å². The Morgan fingerprint density at radius 1 is 0.929 bits per heavy atom. The third kappa shape index (κ3) is 12.0. The fourth-order valence-electron chi connectivity index (χ4n) is 1.58. The van der Waals surface area contributed by atoms with Gasteiger partial charge >= 0.3 is 36.8 Å². The van der Waals surface area contributed by atoms with Crippen LogP contribution in [0.2, 0.25) is 0 Å². The maximum atomic E-state index is 12.4. The Kier molecular flexibility index (Phi) is 13.1. The molecule has 0 spiro atoms. The molecule has 0 saturated heterocycles. The standard InChI is InChI=1S/C17H26O9S.Li.H/c1-12(2)14(18)25-10-17(5,11-26-15(19)13(3)4)16(20)24-8-6-7-9-27(21,22)23;;/h1,3,6-11H2,2,4-5H3,(H,21,22,23);;. The molecule has 0 heterocycles. The van der Waals surface area contributed by atoms with Gasteiger partial charge in [0, 0.05) is 11.1 Å². The Labute approximate surface area is 177 Å². The second-order valence-electron chi connectivity index (χ2n) is 6.40. The predicted octanol–water partition coefficient (Wildman–Crippen LogP) is 0.794. The molecule has 0 aliphatic heterocycles. The van der Waals surface area contributed by atoms with Gasteiger partial charge in [-0.3, -0.25) is 9.35 Å². The molecule has 0 amide bonds. The van der Waals surface area contributed by atoms with Crippen LogP contribution in [0.4, 0.5) is 0 Å². The first kappa shape index (κ1) is 28.6.